The fourth-order valence-electron chi connectivity index (χ4n) is 4.12. The molecule has 3 heterocycles. The van der Waals surface area contributed by atoms with Crippen LogP contribution in [0.25, 0.3) is 0 Å². The van der Waals surface area contributed by atoms with E-state index < -0.39 is 0 Å². The van der Waals surface area contributed by atoms with Crippen LogP contribution in [0.4, 0.5) is 5.95 Å². The van der Waals surface area contributed by atoms with Crippen LogP contribution in [0, 0.1) is 0 Å². The number of likely N-dealkylation sites (tertiary alicyclic amines) is 1. The van der Waals surface area contributed by atoms with Gasteiger partial charge < -0.3 is 19.3 Å². The smallest absolute Gasteiger partial charge is 0.225 e. The van der Waals surface area contributed by atoms with Gasteiger partial charge >= 0.3 is 0 Å². The van der Waals surface area contributed by atoms with Gasteiger partial charge in [0, 0.05) is 25.5 Å². The van der Waals surface area contributed by atoms with Crippen LogP contribution in [0.3, 0.4) is 0 Å². The molecule has 0 unspecified atom stereocenters. The maximum absolute atomic E-state index is 6.18. The highest BCUT2D eigenvalue weighted by Crippen LogP contribution is 2.33. The second-order valence-corrected chi connectivity index (χ2v) is 6.68. The predicted octanol–water partition coefficient (Wildman–Crippen LogP) is 1.33. The summed E-state index contributed by atoms with van der Waals surface area (Å²) < 4.78 is 12.2. The highest BCUT2D eigenvalue weighted by atomic mass is 16.5. The quantitative estimate of drug-likeness (QED) is 0.816. The number of anilines is 1. The first-order chi connectivity index (χ1) is 11.4. The van der Waals surface area contributed by atoms with Gasteiger partial charge in [0.1, 0.15) is 6.10 Å². The topological polar surface area (TPSA) is 50.7 Å². The molecule has 6 nitrogen and oxygen atoms in total. The van der Waals surface area contributed by atoms with Gasteiger partial charge in [-0.25, -0.2) is 9.97 Å². The molecular weight excluding hydrogens is 292 g/mol. The largest absolute Gasteiger partial charge is 0.374 e. The normalized spacial score (nSPS) is 31.5. The third-order valence-electron chi connectivity index (χ3n) is 5.28. The number of ether oxygens (including phenoxy) is 2. The molecule has 2 saturated heterocycles. The molecule has 3 atom stereocenters. The maximum Gasteiger partial charge on any atom is 0.225 e. The molecule has 1 saturated carbocycles. The predicted molar refractivity (Wildman–Crippen MR) is 87.6 cm³/mol. The summed E-state index contributed by atoms with van der Waals surface area (Å²) in [6.45, 7) is 5.93. The molecule has 23 heavy (non-hydrogen) atoms. The molecule has 1 aliphatic carbocycles. The first-order valence-corrected chi connectivity index (χ1v) is 8.91. The average molecular weight is 318 g/mol. The van der Waals surface area contributed by atoms with Gasteiger partial charge in [0.2, 0.25) is 5.95 Å². The van der Waals surface area contributed by atoms with Gasteiger partial charge in [0.25, 0.3) is 0 Å². The number of nitrogens with zero attached hydrogens (tertiary/aromatic N) is 4. The Morgan fingerprint density at radius 1 is 1.13 bits per heavy atom. The first kappa shape index (κ1) is 15.3. The van der Waals surface area contributed by atoms with E-state index in [-0.39, 0.29) is 12.2 Å². The van der Waals surface area contributed by atoms with Crippen molar-refractivity contribution >= 4 is 5.95 Å². The minimum atomic E-state index is 0.158. The molecule has 3 fully saturated rings. The van der Waals surface area contributed by atoms with E-state index in [0.29, 0.717) is 6.04 Å². The molecule has 0 spiro atoms. The number of hydrogen-bond acceptors (Lipinski definition) is 6. The van der Waals surface area contributed by atoms with Crippen LogP contribution < -0.4 is 4.90 Å². The summed E-state index contributed by atoms with van der Waals surface area (Å²) in [7, 11) is 0. The Morgan fingerprint density at radius 2 is 1.96 bits per heavy atom. The third-order valence-corrected chi connectivity index (χ3v) is 5.28. The molecule has 4 rings (SSSR count). The number of hydrogen-bond donors (Lipinski definition) is 0. The lowest BCUT2D eigenvalue weighted by atomic mass is 10.1. The number of morpholine rings is 1. The maximum atomic E-state index is 6.18. The van der Waals surface area contributed by atoms with E-state index in [1.807, 2.05) is 18.5 Å². The van der Waals surface area contributed by atoms with Crippen LogP contribution in [0.1, 0.15) is 25.7 Å². The molecule has 0 N–H and O–H groups in total. The van der Waals surface area contributed by atoms with Gasteiger partial charge in [0.15, 0.2) is 0 Å². The van der Waals surface area contributed by atoms with Crippen molar-refractivity contribution in [3.63, 3.8) is 0 Å². The summed E-state index contributed by atoms with van der Waals surface area (Å²) in [5.41, 5.74) is 0. The molecule has 0 aromatic carbocycles. The Morgan fingerprint density at radius 3 is 2.78 bits per heavy atom. The molecule has 0 radical (unpaired) electrons. The highest BCUT2D eigenvalue weighted by Gasteiger charge is 2.44. The van der Waals surface area contributed by atoms with E-state index in [1.54, 1.807) is 0 Å². The average Bonchev–Trinajstić information content (AvgIpc) is 3.26. The molecule has 1 aromatic heterocycles. The SMILES string of the molecule is c1cnc(N2CCO[C@H]3[C@H](OCCN4CCCC4)CC[C@@H]32)nc1. The van der Waals surface area contributed by atoms with Crippen molar-refractivity contribution in [1.29, 1.82) is 0 Å². The summed E-state index contributed by atoms with van der Waals surface area (Å²) in [5.74, 6) is 0.823. The zero-order chi connectivity index (χ0) is 15.5. The minimum Gasteiger partial charge on any atom is -0.374 e. The summed E-state index contributed by atoms with van der Waals surface area (Å²) in [4.78, 5) is 13.6. The molecule has 0 amide bonds. The van der Waals surface area contributed by atoms with Crippen LogP contribution in [0.5, 0.6) is 0 Å². The van der Waals surface area contributed by atoms with E-state index in [9.17, 15) is 0 Å². The van der Waals surface area contributed by atoms with E-state index in [2.05, 4.69) is 19.8 Å². The molecule has 3 aliphatic rings. The molecule has 1 aromatic rings. The Labute approximate surface area is 137 Å². The Hall–Kier alpha value is -1.24. The van der Waals surface area contributed by atoms with Crippen LogP contribution in [-0.4, -0.2) is 72.5 Å². The lowest BCUT2D eigenvalue weighted by molar-refractivity contribution is -0.0740. The zero-order valence-corrected chi connectivity index (χ0v) is 13.6. The van der Waals surface area contributed by atoms with Gasteiger partial charge in [-0.15, -0.1) is 0 Å². The van der Waals surface area contributed by atoms with Gasteiger partial charge in [-0.1, -0.05) is 0 Å². The van der Waals surface area contributed by atoms with E-state index in [0.717, 1.165) is 45.1 Å². The van der Waals surface area contributed by atoms with Gasteiger partial charge in [-0.3, -0.25) is 0 Å². The second-order valence-electron chi connectivity index (χ2n) is 6.68. The van der Waals surface area contributed by atoms with Crippen LogP contribution >= 0.6 is 0 Å². The number of aromatic nitrogens is 2. The summed E-state index contributed by atoms with van der Waals surface area (Å²) >= 11 is 0. The van der Waals surface area contributed by atoms with E-state index in [4.69, 9.17) is 9.47 Å². The summed E-state index contributed by atoms with van der Waals surface area (Å²) in [5, 5.41) is 0. The van der Waals surface area contributed by atoms with Crippen molar-refractivity contribution in [3.05, 3.63) is 18.5 Å². The van der Waals surface area contributed by atoms with Gasteiger partial charge in [-0.2, -0.15) is 0 Å². The summed E-state index contributed by atoms with van der Waals surface area (Å²) in [6, 6.07) is 2.21. The Bertz CT molecular complexity index is 495. The van der Waals surface area contributed by atoms with Crippen LogP contribution in [0.2, 0.25) is 0 Å². The lowest BCUT2D eigenvalue weighted by Gasteiger charge is -2.39. The van der Waals surface area contributed by atoms with Crippen molar-refractivity contribution in [1.82, 2.24) is 14.9 Å². The van der Waals surface area contributed by atoms with Crippen molar-refractivity contribution in [2.24, 2.45) is 0 Å². The molecule has 6 heteroatoms. The van der Waals surface area contributed by atoms with Gasteiger partial charge in [0.05, 0.1) is 25.4 Å². The first-order valence-electron chi connectivity index (χ1n) is 8.91. The van der Waals surface area contributed by atoms with Crippen molar-refractivity contribution in [2.75, 3.05) is 44.3 Å². The molecule has 2 aliphatic heterocycles. The minimum absolute atomic E-state index is 0.158. The van der Waals surface area contributed by atoms with E-state index >= 15 is 0 Å². The van der Waals surface area contributed by atoms with Crippen LogP contribution in [0.15, 0.2) is 18.5 Å². The fourth-order valence-corrected chi connectivity index (χ4v) is 4.12. The highest BCUT2D eigenvalue weighted by molar-refractivity contribution is 5.33. The third kappa shape index (κ3) is 3.34. The lowest BCUT2D eigenvalue weighted by Crippen LogP contribution is -2.52. The zero-order valence-electron chi connectivity index (χ0n) is 13.6. The Kier molecular flexibility index (Phi) is 4.73. The molecule has 126 valence electrons. The molecular formula is C17H26N4O2. The van der Waals surface area contributed by atoms with E-state index in [1.165, 1.54) is 25.9 Å². The van der Waals surface area contributed by atoms with Crippen molar-refractivity contribution in [3.8, 4) is 0 Å². The summed E-state index contributed by atoms with van der Waals surface area (Å²) in [6.07, 6.45) is 8.83. The Balaban J connectivity index is 1.33. The number of fused-ring (bicyclic) bond motifs is 1. The van der Waals surface area contributed by atoms with Crippen LogP contribution in [-0.2, 0) is 9.47 Å². The second kappa shape index (κ2) is 7.11. The monoisotopic (exact) mass is 318 g/mol. The molecule has 0 bridgehead atoms. The standard InChI is InChI=1S/C17H26N4O2/c1-2-9-20(8-1)10-12-22-15-5-4-14-16(15)23-13-11-21(14)17-18-6-3-7-19-17/h3,6-7,14-16H,1-2,4-5,8-13H2/t14-,15+,16+/m0/s1. The van der Waals surface area contributed by atoms with Crippen molar-refractivity contribution in [2.45, 2.75) is 43.9 Å². The van der Waals surface area contributed by atoms with Gasteiger partial charge in [-0.05, 0) is 44.8 Å². The van der Waals surface area contributed by atoms with Crippen molar-refractivity contribution < 1.29 is 9.47 Å². The fraction of sp³-hybridized carbons (Fsp3) is 0.765. The number of rotatable bonds is 5.